The third-order valence-electron chi connectivity index (χ3n) is 3.57. The van der Waals surface area contributed by atoms with Crippen molar-refractivity contribution in [2.24, 2.45) is 5.92 Å². The van der Waals surface area contributed by atoms with E-state index < -0.39 is 10.0 Å². The Hall–Kier alpha value is -0.140. The summed E-state index contributed by atoms with van der Waals surface area (Å²) >= 11 is 3.32. The fourth-order valence-electron chi connectivity index (χ4n) is 2.27. The van der Waals surface area contributed by atoms with Crippen LogP contribution in [0.4, 0.5) is 0 Å². The van der Waals surface area contributed by atoms with Crippen LogP contribution in [0.1, 0.15) is 18.9 Å². The zero-order valence-electron chi connectivity index (χ0n) is 11.5. The molecule has 4 nitrogen and oxygen atoms in total. The first kappa shape index (κ1) is 17.9. The molecule has 0 saturated carbocycles. The second-order valence-corrected chi connectivity index (χ2v) is 7.71. The van der Waals surface area contributed by atoms with E-state index in [-0.39, 0.29) is 18.4 Å². The molecule has 1 aliphatic rings. The molecule has 2 rings (SSSR count). The molecule has 0 radical (unpaired) electrons. The van der Waals surface area contributed by atoms with Crippen LogP contribution in [-0.2, 0) is 10.0 Å². The standard InChI is InChI=1S/C13H19BrN2O2S.ClH/c1-9-5-6-15-8-12(9)16-19(17,18)13-7-11(14)4-3-10(13)2;/h3-4,7,9,12,15-16H,5-6,8H2,1-2H3;1H. The first-order chi connectivity index (χ1) is 8.90. The van der Waals surface area contributed by atoms with E-state index in [1.807, 2.05) is 13.0 Å². The van der Waals surface area contributed by atoms with E-state index in [2.05, 4.69) is 32.9 Å². The number of benzene rings is 1. The topological polar surface area (TPSA) is 58.2 Å². The van der Waals surface area contributed by atoms with Gasteiger partial charge in [-0.1, -0.05) is 28.9 Å². The largest absolute Gasteiger partial charge is 0.315 e. The average molecular weight is 384 g/mol. The summed E-state index contributed by atoms with van der Waals surface area (Å²) in [5.41, 5.74) is 0.757. The van der Waals surface area contributed by atoms with E-state index in [0.717, 1.165) is 23.0 Å². The number of halogens is 2. The highest BCUT2D eigenvalue weighted by molar-refractivity contribution is 9.10. The van der Waals surface area contributed by atoms with Crippen LogP contribution in [-0.4, -0.2) is 27.5 Å². The van der Waals surface area contributed by atoms with Crippen LogP contribution in [0, 0.1) is 12.8 Å². The Morgan fingerprint density at radius 2 is 2.10 bits per heavy atom. The fourth-order valence-corrected chi connectivity index (χ4v) is 4.40. The summed E-state index contributed by atoms with van der Waals surface area (Å²) in [4.78, 5) is 0.347. The Morgan fingerprint density at radius 1 is 1.40 bits per heavy atom. The quantitative estimate of drug-likeness (QED) is 0.843. The molecular weight excluding hydrogens is 364 g/mol. The van der Waals surface area contributed by atoms with E-state index in [1.54, 1.807) is 12.1 Å². The number of hydrogen-bond donors (Lipinski definition) is 2. The van der Waals surface area contributed by atoms with Crippen molar-refractivity contribution in [2.45, 2.75) is 31.2 Å². The molecule has 7 heteroatoms. The zero-order chi connectivity index (χ0) is 14.0. The summed E-state index contributed by atoms with van der Waals surface area (Å²) in [6, 6.07) is 5.26. The second kappa shape index (κ2) is 7.22. The van der Waals surface area contributed by atoms with Gasteiger partial charge in [-0.15, -0.1) is 12.4 Å². The number of nitrogens with one attached hydrogen (secondary N) is 2. The van der Waals surface area contributed by atoms with E-state index in [1.165, 1.54) is 0 Å². The predicted octanol–water partition coefficient (Wildman–Crippen LogP) is 2.46. The molecule has 0 aliphatic carbocycles. The first-order valence-electron chi connectivity index (χ1n) is 6.39. The Labute approximate surface area is 135 Å². The van der Waals surface area contributed by atoms with Crippen molar-refractivity contribution in [3.05, 3.63) is 28.2 Å². The van der Waals surface area contributed by atoms with E-state index in [0.29, 0.717) is 17.4 Å². The molecule has 2 unspecified atom stereocenters. The van der Waals surface area contributed by atoms with Crippen LogP contribution in [0.15, 0.2) is 27.6 Å². The summed E-state index contributed by atoms with van der Waals surface area (Å²) in [7, 11) is -3.47. The molecule has 0 spiro atoms. The Bertz CT molecular complexity index is 565. The molecule has 1 heterocycles. The van der Waals surface area contributed by atoms with Gasteiger partial charge in [0.1, 0.15) is 0 Å². The van der Waals surface area contributed by atoms with Crippen molar-refractivity contribution < 1.29 is 8.42 Å². The maximum absolute atomic E-state index is 12.5. The van der Waals surface area contributed by atoms with Gasteiger partial charge in [-0.2, -0.15) is 0 Å². The molecule has 2 N–H and O–H groups in total. The van der Waals surface area contributed by atoms with E-state index in [4.69, 9.17) is 0 Å². The van der Waals surface area contributed by atoms with Gasteiger partial charge in [0.05, 0.1) is 4.90 Å². The van der Waals surface area contributed by atoms with Gasteiger partial charge in [0.25, 0.3) is 0 Å². The summed E-state index contributed by atoms with van der Waals surface area (Å²) in [6.45, 7) is 5.54. The molecule has 1 saturated heterocycles. The molecule has 114 valence electrons. The Kier molecular flexibility index (Phi) is 6.47. The van der Waals surface area contributed by atoms with E-state index in [9.17, 15) is 8.42 Å². The minimum absolute atomic E-state index is 0. The van der Waals surface area contributed by atoms with Gasteiger partial charge in [0, 0.05) is 17.1 Å². The molecule has 2 atom stereocenters. The third-order valence-corrected chi connectivity index (χ3v) is 5.70. The number of hydrogen-bond acceptors (Lipinski definition) is 3. The summed E-state index contributed by atoms with van der Waals surface area (Å²) in [5.74, 6) is 0.350. The van der Waals surface area contributed by atoms with Gasteiger partial charge >= 0.3 is 0 Å². The van der Waals surface area contributed by atoms with Crippen molar-refractivity contribution in [1.29, 1.82) is 0 Å². The van der Waals surface area contributed by atoms with Gasteiger partial charge < -0.3 is 5.32 Å². The minimum atomic E-state index is -3.47. The summed E-state index contributed by atoms with van der Waals surface area (Å²) < 4.78 is 28.5. The number of sulfonamides is 1. The molecule has 0 amide bonds. The predicted molar refractivity (Wildman–Crippen MR) is 86.9 cm³/mol. The number of aryl methyl sites for hydroxylation is 1. The van der Waals surface area contributed by atoms with Crippen molar-refractivity contribution >= 4 is 38.4 Å². The summed E-state index contributed by atoms with van der Waals surface area (Å²) in [6.07, 6.45) is 0.991. The highest BCUT2D eigenvalue weighted by atomic mass is 79.9. The van der Waals surface area contributed by atoms with Gasteiger partial charge in [-0.05, 0) is 43.5 Å². The Morgan fingerprint density at radius 3 is 2.75 bits per heavy atom. The lowest BCUT2D eigenvalue weighted by molar-refractivity contribution is 0.327. The van der Waals surface area contributed by atoms with Gasteiger partial charge in [-0.3, -0.25) is 0 Å². The molecule has 0 aromatic heterocycles. The normalized spacial score (nSPS) is 23.1. The second-order valence-electron chi connectivity index (χ2n) is 5.11. The third kappa shape index (κ3) is 4.18. The average Bonchev–Trinajstić information content (AvgIpc) is 2.35. The lowest BCUT2D eigenvalue weighted by Gasteiger charge is -2.30. The fraction of sp³-hybridized carbons (Fsp3) is 0.538. The maximum Gasteiger partial charge on any atom is 0.241 e. The van der Waals surface area contributed by atoms with Crippen molar-refractivity contribution in [3.63, 3.8) is 0 Å². The molecule has 1 aromatic carbocycles. The molecule has 1 aromatic rings. The number of piperidine rings is 1. The molecule has 20 heavy (non-hydrogen) atoms. The molecule has 1 fully saturated rings. The van der Waals surface area contributed by atoms with Crippen LogP contribution in [0.2, 0.25) is 0 Å². The van der Waals surface area contributed by atoms with Gasteiger partial charge in [-0.25, -0.2) is 13.1 Å². The van der Waals surface area contributed by atoms with Crippen LogP contribution in [0.3, 0.4) is 0 Å². The van der Waals surface area contributed by atoms with Crippen molar-refractivity contribution in [1.82, 2.24) is 10.0 Å². The monoisotopic (exact) mass is 382 g/mol. The SMILES string of the molecule is Cc1ccc(Br)cc1S(=O)(=O)NC1CNCCC1C.Cl. The maximum atomic E-state index is 12.5. The van der Waals surface area contributed by atoms with Crippen molar-refractivity contribution in [2.75, 3.05) is 13.1 Å². The first-order valence-corrected chi connectivity index (χ1v) is 8.67. The van der Waals surface area contributed by atoms with Gasteiger partial charge in [0.15, 0.2) is 0 Å². The molecular formula is C13H20BrClN2O2S. The van der Waals surface area contributed by atoms with Crippen molar-refractivity contribution in [3.8, 4) is 0 Å². The molecule has 0 bridgehead atoms. The highest BCUT2D eigenvalue weighted by Crippen LogP contribution is 2.22. The smallest absolute Gasteiger partial charge is 0.241 e. The van der Waals surface area contributed by atoms with Crippen LogP contribution in [0.25, 0.3) is 0 Å². The minimum Gasteiger partial charge on any atom is -0.315 e. The molecule has 1 aliphatic heterocycles. The van der Waals surface area contributed by atoms with Crippen LogP contribution in [0.5, 0.6) is 0 Å². The lowest BCUT2D eigenvalue weighted by Crippen LogP contribution is -2.50. The van der Waals surface area contributed by atoms with E-state index >= 15 is 0 Å². The Balaban J connectivity index is 0.00000200. The zero-order valence-corrected chi connectivity index (χ0v) is 14.7. The van der Waals surface area contributed by atoms with Gasteiger partial charge in [0.2, 0.25) is 10.0 Å². The number of rotatable bonds is 3. The lowest BCUT2D eigenvalue weighted by atomic mass is 9.96. The van der Waals surface area contributed by atoms with Crippen LogP contribution >= 0.6 is 28.3 Å². The summed E-state index contributed by atoms with van der Waals surface area (Å²) in [5, 5.41) is 3.23. The van der Waals surface area contributed by atoms with Crippen LogP contribution < -0.4 is 10.0 Å². The highest BCUT2D eigenvalue weighted by Gasteiger charge is 2.27.